The van der Waals surface area contributed by atoms with Gasteiger partial charge in [0.1, 0.15) is 5.70 Å². The molecule has 3 aromatic heterocycles. The number of aliphatic imine (C=N–C) groups is 1. The van der Waals surface area contributed by atoms with Gasteiger partial charge in [-0.1, -0.05) is 104 Å². The molecule has 0 bridgehead atoms. The molecule has 9 aliphatic rings. The van der Waals surface area contributed by atoms with Gasteiger partial charge in [0.2, 0.25) is 0 Å². The van der Waals surface area contributed by atoms with Crippen molar-refractivity contribution in [3.05, 3.63) is 301 Å². The van der Waals surface area contributed by atoms with E-state index in [1.807, 2.05) is 72.9 Å². The van der Waals surface area contributed by atoms with E-state index in [9.17, 15) is 0 Å². The topological polar surface area (TPSA) is 35.1 Å². The normalized spacial score (nSPS) is 18.8. The Kier molecular flexibility index (Phi) is 12.5. The van der Waals surface area contributed by atoms with Crippen LogP contribution in [0.5, 0.6) is 0 Å². The highest BCUT2D eigenvalue weighted by Gasteiger charge is 2.38. The Morgan fingerprint density at radius 3 is 2.23 bits per heavy atom. The Bertz CT molecular complexity index is 4320. The molecular weight excluding hydrogens is 933 g/mol. The molecule has 1 aromatic carbocycles. The molecule has 77 heavy (non-hydrogen) atoms. The first-order valence-electron chi connectivity index (χ1n) is 26.6. The maximum atomic E-state index is 5.16. The molecule has 1 fully saturated rings. The van der Waals surface area contributed by atoms with Gasteiger partial charge < -0.3 is 9.13 Å². The second-order valence-electron chi connectivity index (χ2n) is 19.8. The highest BCUT2D eigenvalue weighted by molar-refractivity contribution is 6.11. The summed E-state index contributed by atoms with van der Waals surface area (Å²) in [6.07, 6.45) is 70.3. The number of hydrogen-bond donors (Lipinski definition) is 0. The van der Waals surface area contributed by atoms with Crippen LogP contribution < -0.4 is 0 Å². The number of fused-ring (bicyclic) bond motifs is 6. The first-order chi connectivity index (χ1) is 38.2. The van der Waals surface area contributed by atoms with Gasteiger partial charge in [0, 0.05) is 61.9 Å². The van der Waals surface area contributed by atoms with Gasteiger partial charge in [-0.2, -0.15) is 0 Å². The summed E-state index contributed by atoms with van der Waals surface area (Å²) in [5, 5.41) is 1.15. The lowest BCUT2D eigenvalue weighted by Gasteiger charge is -2.39. The number of benzene rings is 1. The predicted octanol–water partition coefficient (Wildman–Crippen LogP) is 17.4. The third-order valence-electron chi connectivity index (χ3n) is 15.2. The van der Waals surface area contributed by atoms with Gasteiger partial charge in [-0.05, 0) is 170 Å². The number of allylic oxidation sites excluding steroid dienone is 25. The lowest BCUT2D eigenvalue weighted by molar-refractivity contribution is 0.301. The van der Waals surface area contributed by atoms with Crippen molar-refractivity contribution in [1.29, 1.82) is 0 Å². The lowest BCUT2D eigenvalue weighted by atomic mass is 9.64. The Morgan fingerprint density at radius 1 is 0.506 bits per heavy atom. The molecule has 0 amide bonds. The van der Waals surface area contributed by atoms with Crippen molar-refractivity contribution in [3.63, 3.8) is 0 Å². The van der Waals surface area contributed by atoms with Crippen molar-refractivity contribution in [2.24, 2.45) is 10.4 Å². The maximum Gasteiger partial charge on any atom is 0.114 e. The van der Waals surface area contributed by atoms with E-state index in [-0.39, 0.29) is 5.41 Å². The van der Waals surface area contributed by atoms with E-state index in [1.54, 1.807) is 0 Å². The smallest absolute Gasteiger partial charge is 0.114 e. The largest absolute Gasteiger partial charge is 0.309 e. The zero-order chi connectivity index (χ0) is 51.4. The van der Waals surface area contributed by atoms with Crippen LogP contribution in [0.2, 0.25) is 0 Å². The van der Waals surface area contributed by atoms with Crippen LogP contribution in [0, 0.1) is 5.41 Å². The van der Waals surface area contributed by atoms with Crippen LogP contribution in [0.1, 0.15) is 84.4 Å². The number of rotatable bonds is 8. The fourth-order valence-electron chi connectivity index (χ4n) is 11.5. The third-order valence-corrected chi connectivity index (χ3v) is 15.2. The quantitative estimate of drug-likeness (QED) is 0.162. The molecule has 4 heterocycles. The van der Waals surface area contributed by atoms with Crippen molar-refractivity contribution >= 4 is 70.0 Å². The summed E-state index contributed by atoms with van der Waals surface area (Å²) in [4.78, 5) is 10.2. The van der Waals surface area contributed by atoms with Crippen LogP contribution in [-0.2, 0) is 0 Å². The number of aromatic nitrogens is 3. The molecule has 1 aliphatic heterocycles. The van der Waals surface area contributed by atoms with E-state index >= 15 is 0 Å². The fourth-order valence-corrected chi connectivity index (χ4v) is 11.5. The van der Waals surface area contributed by atoms with E-state index in [1.165, 1.54) is 17.6 Å². The van der Waals surface area contributed by atoms with Gasteiger partial charge in [0.25, 0.3) is 0 Å². The van der Waals surface area contributed by atoms with E-state index < -0.39 is 0 Å². The minimum Gasteiger partial charge on any atom is -0.309 e. The average Bonchev–Trinajstić information content (AvgIpc) is 4.24. The molecule has 0 saturated heterocycles. The molecular formula is C73H50N4. The molecule has 4 heteroatoms. The van der Waals surface area contributed by atoms with Crippen LogP contribution in [0.25, 0.3) is 75.6 Å². The molecule has 0 spiro atoms. The minimum absolute atomic E-state index is 0.218. The Morgan fingerprint density at radius 2 is 1.31 bits per heavy atom. The van der Waals surface area contributed by atoms with Gasteiger partial charge in [-0.25, -0.2) is 9.98 Å². The molecule has 4 aromatic rings. The SMILES string of the molecule is C1=CC=CC=C(C2=C=CC=CC(C3=C=Cc4c5c(n(C6=C=CC=C(C7(C8=CC=C(n9c%10c(c%11cc(-c%12cccc(C%13=CCCC=C=C%13)n%12)ccc%119)C=C=CC=C%10)C=C=C8)CCCCC7)C=C6)c4C=C=C3)C=CC=C=C5)=N2)C=1. The number of nitrogens with zero attached hydrogens (tertiary/aromatic N) is 4. The van der Waals surface area contributed by atoms with Gasteiger partial charge in [-0.3, -0.25) is 0 Å². The average molecular weight is 983 g/mol. The van der Waals surface area contributed by atoms with Crippen molar-refractivity contribution in [2.45, 2.75) is 44.9 Å². The van der Waals surface area contributed by atoms with Crippen molar-refractivity contribution < 1.29 is 0 Å². The maximum absolute atomic E-state index is 5.16. The monoisotopic (exact) mass is 982 g/mol. The summed E-state index contributed by atoms with van der Waals surface area (Å²) in [6.45, 7) is 0. The molecule has 4 nitrogen and oxygen atoms in total. The minimum atomic E-state index is -0.218. The van der Waals surface area contributed by atoms with Crippen LogP contribution in [0.3, 0.4) is 0 Å². The zero-order valence-corrected chi connectivity index (χ0v) is 42.5. The molecule has 13 rings (SSSR count). The van der Waals surface area contributed by atoms with Crippen LogP contribution in [0.4, 0.5) is 0 Å². The third kappa shape index (κ3) is 9.01. The Labute approximate surface area is 449 Å². The number of hydrogen-bond acceptors (Lipinski definition) is 2. The van der Waals surface area contributed by atoms with Crippen molar-refractivity contribution in [1.82, 2.24) is 14.1 Å². The molecule has 0 radical (unpaired) electrons. The lowest BCUT2D eigenvalue weighted by Crippen LogP contribution is -2.27. The predicted molar refractivity (Wildman–Crippen MR) is 320 cm³/mol. The molecule has 8 aliphatic carbocycles. The van der Waals surface area contributed by atoms with E-state index in [0.717, 1.165) is 140 Å². The summed E-state index contributed by atoms with van der Waals surface area (Å²) in [5.41, 5.74) is 50.2. The van der Waals surface area contributed by atoms with Gasteiger partial charge in [0.05, 0.1) is 51.1 Å². The molecule has 0 N–H and O–H groups in total. The van der Waals surface area contributed by atoms with Crippen molar-refractivity contribution in [3.8, 4) is 11.3 Å². The van der Waals surface area contributed by atoms with Crippen molar-refractivity contribution in [2.75, 3.05) is 0 Å². The summed E-state index contributed by atoms with van der Waals surface area (Å²) >= 11 is 0. The fraction of sp³-hybridized carbons (Fsp3) is 0.110. The summed E-state index contributed by atoms with van der Waals surface area (Å²) in [5.74, 6) is 0. The van der Waals surface area contributed by atoms with Gasteiger partial charge >= 0.3 is 0 Å². The molecule has 0 atom stereocenters. The van der Waals surface area contributed by atoms with Crippen LogP contribution >= 0.6 is 0 Å². The second kappa shape index (κ2) is 20.7. The van der Waals surface area contributed by atoms with Crippen LogP contribution in [0.15, 0.2) is 267 Å². The van der Waals surface area contributed by atoms with E-state index in [0.29, 0.717) is 0 Å². The zero-order valence-electron chi connectivity index (χ0n) is 42.5. The van der Waals surface area contributed by atoms with Crippen LogP contribution in [-0.4, -0.2) is 19.8 Å². The first kappa shape index (κ1) is 46.7. The second-order valence-corrected chi connectivity index (χ2v) is 19.8. The standard InChI is InChI=1S/C73H50N4/c1-2-9-25-53(24-8-1)65-35-16-17-36-66(74-65)55-28-20-41-71-63(48-42-55)61-33-12-5-14-39-69(61)76(71)59-31-21-29-57(44-46-59)73(50-18-7-19-51-73)58-30-22-32-60(47-45-58)77-70-40-15-6-13-34-62(70)64-52-56(43-49-72(64)77)68-38-23-37-67(75-68)54-26-10-3-4-11-27-54/h1-3,5-6,8,14-17,21,23-30,32-34,36-41,43-49,52H,4,7,11,18-19,50-51H2. The first-order valence-corrected chi connectivity index (χ1v) is 26.6. The summed E-state index contributed by atoms with van der Waals surface area (Å²) in [6, 6.07) is 13.0. The summed E-state index contributed by atoms with van der Waals surface area (Å²) < 4.78 is 4.66. The van der Waals surface area contributed by atoms with Gasteiger partial charge in [0.15, 0.2) is 0 Å². The Hall–Kier alpha value is -10.1. The van der Waals surface area contributed by atoms with E-state index in [2.05, 4.69) is 206 Å². The van der Waals surface area contributed by atoms with Gasteiger partial charge in [-0.15, -0.1) is 40.1 Å². The highest BCUT2D eigenvalue weighted by atomic mass is 15.0. The molecule has 0 unspecified atom stereocenters. The summed E-state index contributed by atoms with van der Waals surface area (Å²) in [7, 11) is 0. The Balaban J connectivity index is 0.840. The molecule has 362 valence electrons. The van der Waals surface area contributed by atoms with E-state index in [4.69, 9.17) is 9.98 Å². The molecule has 1 saturated carbocycles. The highest BCUT2D eigenvalue weighted by Crippen LogP contribution is 2.50. The number of pyridine rings is 1.